The number of aromatic nitrogens is 3. The molecule has 0 aliphatic rings. The fourth-order valence-electron chi connectivity index (χ4n) is 3.05. The van der Waals surface area contributed by atoms with E-state index in [2.05, 4.69) is 9.72 Å². The monoisotopic (exact) mass is 407 g/mol. The first-order chi connectivity index (χ1) is 13.5. The standard InChI is InChI=1S/C20H20F3N3O3/c1-19(2,3)16-10-24-9-8-13(16)11-25-12-17(27)26(18(25)28)14-4-6-15(7-5-14)29-20(21,22)23/h4-10,12,27H,11H2,1-3H3. The molecule has 6 nitrogen and oxygen atoms in total. The van der Waals surface area contributed by atoms with Crippen LogP contribution in [0, 0.1) is 0 Å². The van der Waals surface area contributed by atoms with E-state index in [1.807, 2.05) is 26.8 Å². The molecule has 0 saturated carbocycles. The molecule has 2 aromatic heterocycles. The number of imidazole rings is 1. The fraction of sp³-hybridized carbons (Fsp3) is 0.300. The largest absolute Gasteiger partial charge is 0.573 e. The van der Waals surface area contributed by atoms with E-state index in [-0.39, 0.29) is 23.5 Å². The molecule has 3 aromatic rings. The molecule has 1 N–H and O–H groups in total. The molecule has 0 amide bonds. The van der Waals surface area contributed by atoms with Crippen molar-refractivity contribution < 1.29 is 23.0 Å². The molecule has 2 heterocycles. The van der Waals surface area contributed by atoms with Gasteiger partial charge in [-0.15, -0.1) is 13.2 Å². The Morgan fingerprint density at radius 3 is 2.34 bits per heavy atom. The molecule has 0 spiro atoms. The van der Waals surface area contributed by atoms with Crippen molar-refractivity contribution in [2.45, 2.75) is 39.1 Å². The number of aromatic hydroxyl groups is 1. The van der Waals surface area contributed by atoms with Crippen LogP contribution in [0.5, 0.6) is 11.6 Å². The number of hydrogen-bond donors (Lipinski definition) is 1. The van der Waals surface area contributed by atoms with Gasteiger partial charge in [0.05, 0.1) is 18.4 Å². The van der Waals surface area contributed by atoms with Gasteiger partial charge >= 0.3 is 12.1 Å². The SMILES string of the molecule is CC(C)(C)c1cnccc1Cn1cc(O)n(-c2ccc(OC(F)(F)F)cc2)c1=O. The summed E-state index contributed by atoms with van der Waals surface area (Å²) in [6.07, 6.45) is -0.142. The average molecular weight is 407 g/mol. The number of benzene rings is 1. The molecule has 0 radical (unpaired) electrons. The first-order valence-corrected chi connectivity index (χ1v) is 8.76. The molecular formula is C20H20F3N3O3. The summed E-state index contributed by atoms with van der Waals surface area (Å²) in [6, 6.07) is 6.49. The summed E-state index contributed by atoms with van der Waals surface area (Å²) in [6.45, 7) is 6.31. The topological polar surface area (TPSA) is 69.3 Å². The molecule has 0 unspecified atom stereocenters. The zero-order valence-corrected chi connectivity index (χ0v) is 16.1. The van der Waals surface area contributed by atoms with Crippen LogP contribution in [0.1, 0.15) is 31.9 Å². The van der Waals surface area contributed by atoms with E-state index >= 15 is 0 Å². The van der Waals surface area contributed by atoms with E-state index in [1.165, 1.54) is 22.9 Å². The van der Waals surface area contributed by atoms with Crippen LogP contribution in [-0.4, -0.2) is 25.6 Å². The molecule has 0 atom stereocenters. The number of alkyl halides is 3. The lowest BCUT2D eigenvalue weighted by atomic mass is 9.85. The zero-order chi connectivity index (χ0) is 21.4. The Labute approximate surface area is 164 Å². The summed E-state index contributed by atoms with van der Waals surface area (Å²) in [7, 11) is 0. The highest BCUT2D eigenvalue weighted by atomic mass is 19.4. The predicted octanol–water partition coefficient (Wildman–Crippen LogP) is 3.98. The molecule has 0 aliphatic carbocycles. The van der Waals surface area contributed by atoms with Crippen molar-refractivity contribution in [2.24, 2.45) is 0 Å². The third kappa shape index (κ3) is 4.61. The maximum absolute atomic E-state index is 12.8. The average Bonchev–Trinajstić information content (AvgIpc) is 2.88. The highest BCUT2D eigenvalue weighted by Gasteiger charge is 2.31. The summed E-state index contributed by atoms with van der Waals surface area (Å²) in [4.78, 5) is 17.0. The smallest absolute Gasteiger partial charge is 0.493 e. The highest BCUT2D eigenvalue weighted by molar-refractivity contribution is 5.40. The van der Waals surface area contributed by atoms with Crippen LogP contribution in [0.25, 0.3) is 5.69 Å². The molecule has 0 fully saturated rings. The van der Waals surface area contributed by atoms with E-state index in [4.69, 9.17) is 0 Å². The van der Waals surface area contributed by atoms with Gasteiger partial charge in [-0.25, -0.2) is 9.36 Å². The lowest BCUT2D eigenvalue weighted by Crippen LogP contribution is -2.25. The Balaban J connectivity index is 1.94. The maximum atomic E-state index is 12.8. The molecule has 3 rings (SSSR count). The first kappa shape index (κ1) is 20.5. The minimum Gasteiger partial charge on any atom is -0.493 e. The Kier molecular flexibility index (Phi) is 5.16. The van der Waals surface area contributed by atoms with Crippen molar-refractivity contribution in [3.63, 3.8) is 0 Å². The third-order valence-electron chi connectivity index (χ3n) is 4.33. The van der Waals surface area contributed by atoms with E-state index in [0.29, 0.717) is 0 Å². The van der Waals surface area contributed by atoms with Gasteiger partial charge in [0.25, 0.3) is 0 Å². The zero-order valence-electron chi connectivity index (χ0n) is 16.1. The molecule has 1 aromatic carbocycles. The Morgan fingerprint density at radius 2 is 1.76 bits per heavy atom. The summed E-state index contributed by atoms with van der Waals surface area (Å²) in [5.41, 5.74) is 1.34. The van der Waals surface area contributed by atoms with E-state index < -0.39 is 17.8 Å². The van der Waals surface area contributed by atoms with Crippen molar-refractivity contribution in [1.29, 1.82) is 0 Å². The lowest BCUT2D eigenvalue weighted by Gasteiger charge is -2.22. The molecule has 0 saturated heterocycles. The second-order valence-electron chi connectivity index (χ2n) is 7.56. The normalized spacial score (nSPS) is 12.2. The van der Waals surface area contributed by atoms with Gasteiger partial charge in [0.15, 0.2) is 0 Å². The van der Waals surface area contributed by atoms with Crippen molar-refractivity contribution in [2.75, 3.05) is 0 Å². The predicted molar refractivity (Wildman–Crippen MR) is 100 cm³/mol. The van der Waals surface area contributed by atoms with Gasteiger partial charge in [-0.3, -0.25) is 9.55 Å². The maximum Gasteiger partial charge on any atom is 0.573 e. The number of ether oxygens (including phenoxy) is 1. The Morgan fingerprint density at radius 1 is 1.10 bits per heavy atom. The van der Waals surface area contributed by atoms with Gasteiger partial charge in [0.1, 0.15) is 5.75 Å². The molecule has 9 heteroatoms. The van der Waals surface area contributed by atoms with Crippen LogP contribution in [0.2, 0.25) is 0 Å². The fourth-order valence-corrected chi connectivity index (χ4v) is 3.05. The quantitative estimate of drug-likeness (QED) is 0.710. The van der Waals surface area contributed by atoms with Gasteiger partial charge in [0.2, 0.25) is 5.88 Å². The van der Waals surface area contributed by atoms with Crippen LogP contribution >= 0.6 is 0 Å². The van der Waals surface area contributed by atoms with Crippen molar-refractivity contribution in [3.05, 3.63) is 70.5 Å². The summed E-state index contributed by atoms with van der Waals surface area (Å²) in [5, 5.41) is 10.2. The minimum absolute atomic E-state index is 0.188. The number of hydrogen-bond acceptors (Lipinski definition) is 4. The Bertz CT molecular complexity index is 1060. The number of rotatable bonds is 4. The minimum atomic E-state index is -4.81. The molecule has 0 aliphatic heterocycles. The van der Waals surface area contributed by atoms with Crippen LogP contribution < -0.4 is 10.4 Å². The number of nitrogens with zero attached hydrogens (tertiary/aromatic N) is 3. The van der Waals surface area contributed by atoms with Gasteiger partial charge in [-0.1, -0.05) is 20.8 Å². The number of halogens is 3. The van der Waals surface area contributed by atoms with Crippen molar-refractivity contribution in [3.8, 4) is 17.3 Å². The second-order valence-corrected chi connectivity index (χ2v) is 7.56. The summed E-state index contributed by atoms with van der Waals surface area (Å²) >= 11 is 0. The van der Waals surface area contributed by atoms with Crippen LogP contribution in [0.15, 0.2) is 53.7 Å². The molecular weight excluding hydrogens is 387 g/mol. The summed E-state index contributed by atoms with van der Waals surface area (Å²) < 4.78 is 43.0. The van der Waals surface area contributed by atoms with Crippen molar-refractivity contribution >= 4 is 0 Å². The first-order valence-electron chi connectivity index (χ1n) is 8.76. The Hall–Kier alpha value is -3.23. The second kappa shape index (κ2) is 7.31. The third-order valence-corrected chi connectivity index (χ3v) is 4.33. The van der Waals surface area contributed by atoms with E-state index in [9.17, 15) is 23.1 Å². The van der Waals surface area contributed by atoms with Crippen LogP contribution in [0.3, 0.4) is 0 Å². The van der Waals surface area contributed by atoms with Gasteiger partial charge in [-0.05, 0) is 46.9 Å². The van der Waals surface area contributed by atoms with Gasteiger partial charge < -0.3 is 9.84 Å². The van der Waals surface area contributed by atoms with E-state index in [0.717, 1.165) is 27.8 Å². The van der Waals surface area contributed by atoms with E-state index in [1.54, 1.807) is 12.4 Å². The number of pyridine rings is 1. The van der Waals surface area contributed by atoms with Crippen LogP contribution in [0.4, 0.5) is 13.2 Å². The molecule has 0 bridgehead atoms. The summed E-state index contributed by atoms with van der Waals surface area (Å²) in [5.74, 6) is -0.745. The van der Waals surface area contributed by atoms with Gasteiger partial charge in [0, 0.05) is 12.4 Å². The lowest BCUT2D eigenvalue weighted by molar-refractivity contribution is -0.274. The molecule has 154 valence electrons. The highest BCUT2D eigenvalue weighted by Crippen LogP contribution is 2.27. The van der Waals surface area contributed by atoms with Gasteiger partial charge in [-0.2, -0.15) is 0 Å². The molecule has 29 heavy (non-hydrogen) atoms. The van der Waals surface area contributed by atoms with Crippen molar-refractivity contribution in [1.82, 2.24) is 14.1 Å². The van der Waals surface area contributed by atoms with Crippen LogP contribution in [-0.2, 0) is 12.0 Å².